The van der Waals surface area contributed by atoms with Crippen LogP contribution in [0.15, 0.2) is 103 Å². The summed E-state index contributed by atoms with van der Waals surface area (Å²) in [4.78, 5) is 31.2. The molecule has 1 atom stereocenters. The Morgan fingerprint density at radius 2 is 1.64 bits per heavy atom. The summed E-state index contributed by atoms with van der Waals surface area (Å²) in [6.07, 6.45) is 17.5. The first-order valence-corrected chi connectivity index (χ1v) is 19.4. The first-order chi connectivity index (χ1) is 25.8. The number of carbonyl (C=O) groups excluding carboxylic acids is 2. The Morgan fingerprint density at radius 3 is 2.32 bits per heavy atom. The second kappa shape index (κ2) is 18.5. The highest BCUT2D eigenvalue weighted by Crippen LogP contribution is 2.30. The number of benzene rings is 3. The van der Waals surface area contributed by atoms with E-state index in [0.717, 1.165) is 65.8 Å². The number of ether oxygens (including phenoxy) is 2. The predicted octanol–water partition coefficient (Wildman–Crippen LogP) is 8.00. The third kappa shape index (κ3) is 10.6. The lowest BCUT2D eigenvalue weighted by Gasteiger charge is -2.32. The highest BCUT2D eigenvalue weighted by atomic mass is 16.6. The van der Waals surface area contributed by atoms with Crippen LogP contribution in [0, 0.1) is 11.8 Å². The van der Waals surface area contributed by atoms with Gasteiger partial charge >= 0.3 is 0 Å². The molecule has 3 aromatic carbocycles. The van der Waals surface area contributed by atoms with Gasteiger partial charge in [0, 0.05) is 43.5 Å². The maximum atomic E-state index is 13.8. The number of carbonyl (C=O) groups is 2. The number of amides is 2. The third-order valence-electron chi connectivity index (χ3n) is 10.9. The van der Waals surface area contributed by atoms with Gasteiger partial charge in [0.15, 0.2) is 5.79 Å². The van der Waals surface area contributed by atoms with E-state index in [2.05, 4.69) is 11.4 Å². The van der Waals surface area contributed by atoms with Crippen LogP contribution in [-0.2, 0) is 16.1 Å². The van der Waals surface area contributed by atoms with Gasteiger partial charge in [-0.05, 0) is 128 Å². The molecule has 53 heavy (non-hydrogen) atoms. The predicted molar refractivity (Wildman–Crippen MR) is 211 cm³/mol. The molecule has 2 amide bonds. The second-order valence-corrected chi connectivity index (χ2v) is 14.6. The molecule has 2 aliphatic heterocycles. The van der Waals surface area contributed by atoms with E-state index in [1.165, 1.54) is 45.2 Å². The lowest BCUT2D eigenvalue weighted by atomic mass is 9.87. The summed E-state index contributed by atoms with van der Waals surface area (Å²) in [5, 5.41) is 14.2. The van der Waals surface area contributed by atoms with Crippen LogP contribution in [0.5, 0.6) is 5.75 Å². The molecular weight excluding hydrogens is 663 g/mol. The van der Waals surface area contributed by atoms with Crippen molar-refractivity contribution in [3.63, 3.8) is 0 Å². The summed E-state index contributed by atoms with van der Waals surface area (Å²) >= 11 is 0. The number of aliphatic hydroxyl groups is 1. The molecular formula is C45H55N3O5. The Bertz CT molecular complexity index is 1770. The van der Waals surface area contributed by atoms with Crippen molar-refractivity contribution in [2.24, 2.45) is 11.8 Å². The molecule has 8 heteroatoms. The molecule has 0 saturated carbocycles. The van der Waals surface area contributed by atoms with Crippen molar-refractivity contribution in [2.45, 2.75) is 70.6 Å². The molecule has 0 radical (unpaired) electrons. The van der Waals surface area contributed by atoms with Gasteiger partial charge in [0.25, 0.3) is 11.8 Å². The minimum Gasteiger partial charge on any atom is -0.497 e. The molecule has 1 aliphatic carbocycles. The largest absolute Gasteiger partial charge is 0.497 e. The van der Waals surface area contributed by atoms with Crippen LogP contribution in [0.3, 0.4) is 0 Å². The molecule has 3 aliphatic rings. The zero-order valence-corrected chi connectivity index (χ0v) is 31.3. The van der Waals surface area contributed by atoms with Crippen LogP contribution in [0.25, 0.3) is 17.2 Å². The van der Waals surface area contributed by atoms with Gasteiger partial charge in [-0.1, -0.05) is 67.8 Å². The van der Waals surface area contributed by atoms with E-state index in [9.17, 15) is 14.7 Å². The average molecular weight is 718 g/mol. The van der Waals surface area contributed by atoms with E-state index in [1.54, 1.807) is 36.3 Å². The number of nitrogens with zero attached hydrogens (tertiary/aromatic N) is 2. The SMILES string of the molecule is CCOC1(O)C=CC(N(Cc2cccc(-c3cccc(C(=O)N4CCC(CCCC5CCNCC5)CC4)c3)c2)C(=O)C=Cc2ccc(OC)cc2)=CC1. The summed E-state index contributed by atoms with van der Waals surface area (Å²) < 4.78 is 10.8. The first kappa shape index (κ1) is 38.2. The molecule has 0 bridgehead atoms. The van der Waals surface area contributed by atoms with Gasteiger partial charge in [0.05, 0.1) is 13.7 Å². The Kier molecular flexibility index (Phi) is 13.3. The smallest absolute Gasteiger partial charge is 0.253 e. The van der Waals surface area contributed by atoms with E-state index in [1.807, 2.05) is 84.6 Å². The molecule has 0 spiro atoms. The minimum absolute atomic E-state index is 0.0969. The minimum atomic E-state index is -1.39. The molecule has 280 valence electrons. The topological polar surface area (TPSA) is 91.3 Å². The summed E-state index contributed by atoms with van der Waals surface area (Å²) in [7, 11) is 1.62. The summed E-state index contributed by atoms with van der Waals surface area (Å²) in [5.41, 5.74) is 5.14. The van der Waals surface area contributed by atoms with Gasteiger partial charge in [-0.15, -0.1) is 0 Å². The number of hydrogen-bond donors (Lipinski definition) is 2. The summed E-state index contributed by atoms with van der Waals surface area (Å²) in [5.74, 6) is 0.862. The van der Waals surface area contributed by atoms with Gasteiger partial charge in [-0.25, -0.2) is 0 Å². The number of hydrogen-bond acceptors (Lipinski definition) is 6. The fraction of sp³-hybridized carbons (Fsp3) is 0.422. The number of likely N-dealkylation sites (tertiary alicyclic amines) is 1. The fourth-order valence-corrected chi connectivity index (χ4v) is 7.77. The van der Waals surface area contributed by atoms with Crippen molar-refractivity contribution in [1.29, 1.82) is 0 Å². The zero-order valence-electron chi connectivity index (χ0n) is 31.3. The first-order valence-electron chi connectivity index (χ1n) is 19.4. The van der Waals surface area contributed by atoms with E-state index in [0.29, 0.717) is 24.4 Å². The molecule has 2 saturated heterocycles. The molecule has 3 aromatic rings. The Morgan fingerprint density at radius 1 is 0.943 bits per heavy atom. The number of allylic oxidation sites excluding steroid dienone is 1. The van der Waals surface area contributed by atoms with Crippen molar-refractivity contribution < 1.29 is 24.2 Å². The fourth-order valence-electron chi connectivity index (χ4n) is 7.77. The normalized spacial score (nSPS) is 19.7. The van der Waals surface area contributed by atoms with Gasteiger partial charge < -0.3 is 29.7 Å². The number of methoxy groups -OCH3 is 1. The average Bonchev–Trinajstić information content (AvgIpc) is 3.20. The van der Waals surface area contributed by atoms with Crippen LogP contribution in [0.4, 0.5) is 0 Å². The molecule has 0 aromatic heterocycles. The maximum Gasteiger partial charge on any atom is 0.253 e. The third-order valence-corrected chi connectivity index (χ3v) is 10.9. The van der Waals surface area contributed by atoms with Crippen LogP contribution in [0.2, 0.25) is 0 Å². The Labute approximate surface area is 315 Å². The molecule has 2 N–H and O–H groups in total. The molecule has 6 rings (SSSR count). The summed E-state index contributed by atoms with van der Waals surface area (Å²) in [6.45, 7) is 6.49. The summed E-state index contributed by atoms with van der Waals surface area (Å²) in [6, 6.07) is 23.5. The van der Waals surface area contributed by atoms with E-state index < -0.39 is 5.79 Å². The van der Waals surface area contributed by atoms with E-state index >= 15 is 0 Å². The van der Waals surface area contributed by atoms with Crippen LogP contribution < -0.4 is 10.1 Å². The quantitative estimate of drug-likeness (QED) is 0.130. The standard InChI is InChI=1S/C45H55N3O5/c1-3-53-45(51)25-19-41(20-26-45)48(43(49)18-15-36-13-16-42(52-2)17-14-36)33-37-9-5-10-38(31-37)39-11-6-12-40(32-39)44(50)47-29-23-35(24-30-47)8-4-7-34-21-27-46-28-22-34/h5-6,9-20,25,31-32,34-35,46,51H,3-4,7-8,21-24,26-30,33H2,1-2H3. The number of nitrogens with one attached hydrogen (secondary N) is 1. The number of rotatable bonds is 14. The van der Waals surface area contributed by atoms with Crippen molar-refractivity contribution in [1.82, 2.24) is 15.1 Å². The highest BCUT2D eigenvalue weighted by molar-refractivity contribution is 5.95. The zero-order chi connectivity index (χ0) is 37.0. The van der Waals surface area contributed by atoms with E-state index in [-0.39, 0.29) is 18.2 Å². The monoisotopic (exact) mass is 717 g/mol. The molecule has 2 heterocycles. The lowest BCUT2D eigenvalue weighted by molar-refractivity contribution is -0.161. The van der Waals surface area contributed by atoms with Gasteiger partial charge in [-0.3, -0.25) is 9.59 Å². The van der Waals surface area contributed by atoms with Crippen LogP contribution >= 0.6 is 0 Å². The molecule has 2 fully saturated rings. The van der Waals surface area contributed by atoms with Crippen LogP contribution in [0.1, 0.15) is 79.8 Å². The Hall–Kier alpha value is -4.50. The maximum absolute atomic E-state index is 13.8. The van der Waals surface area contributed by atoms with Gasteiger partial charge in [-0.2, -0.15) is 0 Å². The lowest BCUT2D eigenvalue weighted by Crippen LogP contribution is -2.38. The van der Waals surface area contributed by atoms with Crippen molar-refractivity contribution in [3.05, 3.63) is 119 Å². The second-order valence-electron chi connectivity index (χ2n) is 14.6. The number of piperidine rings is 2. The Balaban J connectivity index is 1.11. The van der Waals surface area contributed by atoms with Crippen molar-refractivity contribution in [3.8, 4) is 16.9 Å². The van der Waals surface area contributed by atoms with Crippen LogP contribution in [-0.4, -0.2) is 72.4 Å². The van der Waals surface area contributed by atoms with Gasteiger partial charge in [0.1, 0.15) is 5.75 Å². The molecule has 8 nitrogen and oxygen atoms in total. The van der Waals surface area contributed by atoms with Crippen molar-refractivity contribution >= 4 is 17.9 Å². The van der Waals surface area contributed by atoms with Crippen molar-refractivity contribution in [2.75, 3.05) is 39.9 Å². The molecule has 1 unspecified atom stereocenters. The highest BCUT2D eigenvalue weighted by Gasteiger charge is 2.28. The van der Waals surface area contributed by atoms with E-state index in [4.69, 9.17) is 9.47 Å². The van der Waals surface area contributed by atoms with Gasteiger partial charge in [0.2, 0.25) is 0 Å².